The maximum absolute atomic E-state index is 12.6. The standard InChI is InChI=1S/C24H29N3O2S.ClH/c1-27-20(17-30-24(27)26-18-8-4-2-5-9-18)16-23(28)25-19-12-14-22(15-13-19)29-21-10-6-3-7-11-21;/h3,6-7,10-15,18,20H,2,4-5,8-9,16-17H2,1H3,(H,25,28);1H. The van der Waals surface area contributed by atoms with Crippen LogP contribution in [-0.4, -0.2) is 40.9 Å². The summed E-state index contributed by atoms with van der Waals surface area (Å²) >= 11 is 1.78. The number of amidine groups is 1. The largest absolute Gasteiger partial charge is 0.457 e. The van der Waals surface area contributed by atoms with Crippen LogP contribution in [0.2, 0.25) is 0 Å². The van der Waals surface area contributed by atoms with Crippen LogP contribution in [0.1, 0.15) is 38.5 Å². The first-order chi connectivity index (χ1) is 14.7. The molecule has 1 amide bonds. The SMILES string of the molecule is CN1C(=NC2CCCCC2)SCC1CC(=O)Nc1ccc(Oc2ccccc2)cc1.Cl. The number of para-hydroxylation sites is 1. The normalized spacial score (nSPS) is 20.4. The number of amides is 1. The summed E-state index contributed by atoms with van der Waals surface area (Å²) in [7, 11) is 2.06. The smallest absolute Gasteiger partial charge is 0.226 e. The molecule has 5 nitrogen and oxygen atoms in total. The highest BCUT2D eigenvalue weighted by molar-refractivity contribution is 8.14. The van der Waals surface area contributed by atoms with Gasteiger partial charge in [0.2, 0.25) is 5.91 Å². The fraction of sp³-hybridized carbons (Fsp3) is 0.417. The van der Waals surface area contributed by atoms with Crippen molar-refractivity contribution in [3.8, 4) is 11.5 Å². The number of thioether (sulfide) groups is 1. The molecule has 166 valence electrons. The monoisotopic (exact) mass is 459 g/mol. The number of carbonyl (C=O) groups is 1. The van der Waals surface area contributed by atoms with Crippen molar-refractivity contribution in [1.82, 2.24) is 4.90 Å². The molecule has 31 heavy (non-hydrogen) atoms. The summed E-state index contributed by atoms with van der Waals surface area (Å²) in [6.45, 7) is 0. The Bertz CT molecular complexity index is 870. The highest BCUT2D eigenvalue weighted by atomic mass is 35.5. The van der Waals surface area contributed by atoms with Gasteiger partial charge in [0, 0.05) is 31.0 Å². The van der Waals surface area contributed by atoms with Crippen LogP contribution in [0.25, 0.3) is 0 Å². The van der Waals surface area contributed by atoms with Crippen molar-refractivity contribution in [3.05, 3.63) is 54.6 Å². The number of hydrogen-bond acceptors (Lipinski definition) is 4. The van der Waals surface area contributed by atoms with Crippen LogP contribution in [0.5, 0.6) is 11.5 Å². The Morgan fingerprint density at radius 3 is 2.45 bits per heavy atom. The number of ether oxygens (including phenoxy) is 1. The van der Waals surface area contributed by atoms with E-state index in [1.165, 1.54) is 32.1 Å². The van der Waals surface area contributed by atoms with Gasteiger partial charge in [0.1, 0.15) is 11.5 Å². The highest BCUT2D eigenvalue weighted by Gasteiger charge is 2.29. The molecular formula is C24H30ClN3O2S. The molecule has 1 aliphatic carbocycles. The third-order valence-corrected chi connectivity index (χ3v) is 6.86. The van der Waals surface area contributed by atoms with Gasteiger partial charge < -0.3 is 15.0 Å². The Morgan fingerprint density at radius 1 is 1.06 bits per heavy atom. The van der Waals surface area contributed by atoms with Crippen LogP contribution < -0.4 is 10.1 Å². The third kappa shape index (κ3) is 6.65. The Morgan fingerprint density at radius 2 is 1.74 bits per heavy atom. The van der Waals surface area contributed by atoms with Gasteiger partial charge in [0.15, 0.2) is 5.17 Å². The molecule has 1 N–H and O–H groups in total. The number of aliphatic imine (C=N–C) groups is 1. The Hall–Kier alpha value is -2.18. The van der Waals surface area contributed by atoms with Gasteiger partial charge in [-0.3, -0.25) is 9.79 Å². The van der Waals surface area contributed by atoms with Crippen molar-refractivity contribution < 1.29 is 9.53 Å². The molecule has 1 saturated heterocycles. The van der Waals surface area contributed by atoms with Crippen molar-refractivity contribution in [2.24, 2.45) is 4.99 Å². The van der Waals surface area contributed by atoms with Crippen molar-refractivity contribution in [2.45, 2.75) is 50.6 Å². The fourth-order valence-corrected chi connectivity index (χ4v) is 5.15. The Balaban J connectivity index is 0.00000272. The van der Waals surface area contributed by atoms with Crippen LogP contribution in [0.15, 0.2) is 59.6 Å². The van der Waals surface area contributed by atoms with Crippen molar-refractivity contribution in [2.75, 3.05) is 18.1 Å². The summed E-state index contributed by atoms with van der Waals surface area (Å²) in [4.78, 5) is 19.7. The first-order valence-electron chi connectivity index (χ1n) is 10.7. The van der Waals surface area contributed by atoms with E-state index in [2.05, 4.69) is 17.3 Å². The summed E-state index contributed by atoms with van der Waals surface area (Å²) in [5.74, 6) is 2.49. The van der Waals surface area contributed by atoms with E-state index >= 15 is 0 Å². The quantitative estimate of drug-likeness (QED) is 0.578. The molecular weight excluding hydrogens is 430 g/mol. The lowest BCUT2D eigenvalue weighted by atomic mass is 9.96. The molecule has 1 heterocycles. The number of hydrogen-bond donors (Lipinski definition) is 1. The molecule has 0 radical (unpaired) electrons. The average Bonchev–Trinajstić information content (AvgIpc) is 3.10. The second-order valence-corrected chi connectivity index (χ2v) is 8.96. The van der Waals surface area contributed by atoms with E-state index in [1.54, 1.807) is 11.8 Å². The minimum absolute atomic E-state index is 0. The first kappa shape index (κ1) is 23.5. The van der Waals surface area contributed by atoms with Crippen LogP contribution in [0.3, 0.4) is 0 Å². The summed E-state index contributed by atoms with van der Waals surface area (Å²) in [5.41, 5.74) is 0.782. The van der Waals surface area contributed by atoms with E-state index in [9.17, 15) is 4.79 Å². The number of rotatable bonds is 6. The minimum atomic E-state index is 0. The predicted octanol–water partition coefficient (Wildman–Crippen LogP) is 5.97. The van der Waals surface area contributed by atoms with Crippen LogP contribution in [-0.2, 0) is 4.79 Å². The van der Waals surface area contributed by atoms with E-state index in [0.29, 0.717) is 12.5 Å². The lowest BCUT2D eigenvalue weighted by molar-refractivity contribution is -0.116. The van der Waals surface area contributed by atoms with Crippen LogP contribution in [0.4, 0.5) is 5.69 Å². The molecule has 1 unspecified atom stereocenters. The second kappa shape index (κ2) is 11.4. The fourth-order valence-electron chi connectivity index (χ4n) is 3.89. The molecule has 1 saturated carbocycles. The average molecular weight is 460 g/mol. The number of nitrogens with zero attached hydrogens (tertiary/aromatic N) is 2. The van der Waals surface area contributed by atoms with Crippen molar-refractivity contribution in [3.63, 3.8) is 0 Å². The maximum atomic E-state index is 12.6. The van der Waals surface area contributed by atoms with E-state index in [4.69, 9.17) is 9.73 Å². The number of anilines is 1. The van der Waals surface area contributed by atoms with Gasteiger partial charge in [-0.25, -0.2) is 0 Å². The molecule has 7 heteroatoms. The van der Waals surface area contributed by atoms with Gasteiger partial charge in [-0.15, -0.1) is 12.4 Å². The zero-order chi connectivity index (χ0) is 20.8. The van der Waals surface area contributed by atoms with Gasteiger partial charge in [-0.1, -0.05) is 49.2 Å². The van der Waals surface area contributed by atoms with Crippen LogP contribution in [0, 0.1) is 0 Å². The molecule has 2 aromatic carbocycles. The summed E-state index contributed by atoms with van der Waals surface area (Å²) < 4.78 is 5.80. The lowest BCUT2D eigenvalue weighted by Gasteiger charge is -2.23. The molecule has 2 aromatic rings. The highest BCUT2D eigenvalue weighted by Crippen LogP contribution is 2.29. The summed E-state index contributed by atoms with van der Waals surface area (Å²) in [5, 5.41) is 4.11. The molecule has 0 bridgehead atoms. The van der Waals surface area contributed by atoms with Crippen molar-refractivity contribution in [1.29, 1.82) is 0 Å². The van der Waals surface area contributed by atoms with Gasteiger partial charge in [0.25, 0.3) is 0 Å². The summed E-state index contributed by atoms with van der Waals surface area (Å²) in [6.07, 6.45) is 6.79. The molecule has 0 spiro atoms. The van der Waals surface area contributed by atoms with E-state index < -0.39 is 0 Å². The lowest BCUT2D eigenvalue weighted by Crippen LogP contribution is -2.34. The van der Waals surface area contributed by atoms with E-state index in [-0.39, 0.29) is 24.4 Å². The number of benzene rings is 2. The molecule has 0 aromatic heterocycles. The predicted molar refractivity (Wildman–Crippen MR) is 132 cm³/mol. The molecule has 2 aliphatic rings. The van der Waals surface area contributed by atoms with Gasteiger partial charge in [-0.2, -0.15) is 0 Å². The maximum Gasteiger partial charge on any atom is 0.226 e. The zero-order valence-corrected chi connectivity index (χ0v) is 19.5. The van der Waals surface area contributed by atoms with Crippen molar-refractivity contribution >= 4 is 40.9 Å². The molecule has 1 atom stereocenters. The topological polar surface area (TPSA) is 53.9 Å². The third-order valence-electron chi connectivity index (χ3n) is 5.66. The van der Waals surface area contributed by atoms with Gasteiger partial charge in [-0.05, 0) is 49.2 Å². The van der Waals surface area contributed by atoms with E-state index in [0.717, 1.165) is 28.1 Å². The molecule has 2 fully saturated rings. The van der Waals surface area contributed by atoms with E-state index in [1.807, 2.05) is 54.6 Å². The number of halogens is 1. The second-order valence-electron chi connectivity index (χ2n) is 7.97. The Labute approximate surface area is 195 Å². The number of carbonyl (C=O) groups excluding carboxylic acids is 1. The minimum Gasteiger partial charge on any atom is -0.457 e. The van der Waals surface area contributed by atoms with Gasteiger partial charge >= 0.3 is 0 Å². The first-order valence-corrected chi connectivity index (χ1v) is 11.7. The zero-order valence-electron chi connectivity index (χ0n) is 17.8. The van der Waals surface area contributed by atoms with Gasteiger partial charge in [0.05, 0.1) is 6.04 Å². The summed E-state index contributed by atoms with van der Waals surface area (Å²) in [6, 6.07) is 17.8. The molecule has 4 rings (SSSR count). The Kier molecular flexibility index (Phi) is 8.67. The van der Waals surface area contributed by atoms with Crippen LogP contribution >= 0.6 is 24.2 Å². The molecule has 1 aliphatic heterocycles. The number of nitrogens with one attached hydrogen (secondary N) is 1.